The molecule has 0 aromatic carbocycles. The van der Waals surface area contributed by atoms with E-state index in [2.05, 4.69) is 13.8 Å². The summed E-state index contributed by atoms with van der Waals surface area (Å²) in [6.07, 6.45) is 48.6. The van der Waals surface area contributed by atoms with Crippen molar-refractivity contribution in [3.63, 3.8) is 0 Å². The van der Waals surface area contributed by atoms with Crippen LogP contribution in [-0.2, 0) is 19.1 Å². The van der Waals surface area contributed by atoms with Gasteiger partial charge in [-0.3, -0.25) is 4.79 Å². The van der Waals surface area contributed by atoms with Crippen LogP contribution in [0.15, 0.2) is 0 Å². The first kappa shape index (κ1) is 49.9. The van der Waals surface area contributed by atoms with E-state index in [1.165, 1.54) is 212 Å². The maximum atomic E-state index is 12.0. The molecular weight excluding hydrogens is 633 g/mol. The van der Waals surface area contributed by atoms with E-state index in [0.29, 0.717) is 13.2 Å². The fourth-order valence-electron chi connectivity index (χ4n) is 7.12. The quantitative estimate of drug-likeness (QED) is 0.0501. The minimum atomic E-state index is -1.43. The summed E-state index contributed by atoms with van der Waals surface area (Å²) in [5, 5.41) is 10.0. The number of hydrogen-bond acceptors (Lipinski definition) is 5. The summed E-state index contributed by atoms with van der Waals surface area (Å²) in [5.74, 6) is -1.23. The first-order valence-electron chi connectivity index (χ1n) is 23.1. The van der Waals surface area contributed by atoms with Crippen LogP contribution in [0.4, 0.5) is 0 Å². The molecule has 0 aromatic rings. The Balaban J connectivity index is 3.35. The van der Waals surface area contributed by atoms with E-state index >= 15 is 0 Å². The third-order valence-electron chi connectivity index (χ3n) is 10.6. The highest BCUT2D eigenvalue weighted by molar-refractivity contribution is 5.81. The zero-order chi connectivity index (χ0) is 37.1. The summed E-state index contributed by atoms with van der Waals surface area (Å²) in [7, 11) is 0. The summed E-state index contributed by atoms with van der Waals surface area (Å²) in [4.78, 5) is 24.1. The summed E-state index contributed by atoms with van der Waals surface area (Å²) in [5.41, 5.74) is 0. The van der Waals surface area contributed by atoms with Crippen molar-refractivity contribution >= 4 is 11.9 Å². The van der Waals surface area contributed by atoms with Crippen molar-refractivity contribution in [1.82, 2.24) is 0 Å². The number of hydrogen-bond donors (Lipinski definition) is 1. The molecule has 1 unspecified atom stereocenters. The Kier molecular flexibility index (Phi) is 42.4. The Labute approximate surface area is 319 Å². The Morgan fingerprint density at radius 3 is 0.824 bits per heavy atom. The van der Waals surface area contributed by atoms with Gasteiger partial charge in [0, 0.05) is 0 Å². The second-order valence-corrected chi connectivity index (χ2v) is 15.8. The average Bonchev–Trinajstić information content (AvgIpc) is 3.13. The number of carbonyl (C=O) groups is 2. The van der Waals surface area contributed by atoms with Crippen molar-refractivity contribution < 1.29 is 24.2 Å². The molecule has 0 radical (unpaired) electrons. The zero-order valence-electron chi connectivity index (χ0n) is 34.6. The van der Waals surface area contributed by atoms with Crippen molar-refractivity contribution in [2.24, 2.45) is 0 Å². The van der Waals surface area contributed by atoms with Crippen LogP contribution in [0.5, 0.6) is 0 Å². The highest BCUT2D eigenvalue weighted by Crippen LogP contribution is 2.16. The van der Waals surface area contributed by atoms with Gasteiger partial charge in [-0.2, -0.15) is 0 Å². The molecule has 51 heavy (non-hydrogen) atoms. The Hall–Kier alpha value is -1.10. The van der Waals surface area contributed by atoms with Gasteiger partial charge in [-0.15, -0.1) is 0 Å². The molecule has 0 rings (SSSR count). The predicted molar refractivity (Wildman–Crippen MR) is 219 cm³/mol. The zero-order valence-corrected chi connectivity index (χ0v) is 34.6. The summed E-state index contributed by atoms with van der Waals surface area (Å²) in [6.45, 7) is 5.23. The minimum Gasteiger partial charge on any atom is -0.466 e. The number of unbranched alkanes of at least 4 members (excludes halogenated alkanes) is 36. The number of rotatable bonds is 43. The molecule has 0 saturated carbocycles. The van der Waals surface area contributed by atoms with E-state index in [-0.39, 0.29) is 6.42 Å². The van der Waals surface area contributed by atoms with Crippen molar-refractivity contribution in [1.29, 1.82) is 0 Å². The number of carbonyl (C=O) groups excluding carboxylic acids is 2. The fourth-order valence-corrected chi connectivity index (χ4v) is 7.12. The Bertz CT molecular complexity index is 695. The molecule has 0 aliphatic heterocycles. The summed E-state index contributed by atoms with van der Waals surface area (Å²) < 4.78 is 10.4. The molecule has 0 aliphatic carbocycles. The molecule has 5 heteroatoms. The van der Waals surface area contributed by atoms with Gasteiger partial charge in [-0.05, 0) is 12.8 Å². The lowest BCUT2D eigenvalue weighted by Gasteiger charge is -2.11. The van der Waals surface area contributed by atoms with Gasteiger partial charge >= 0.3 is 11.9 Å². The molecule has 0 heterocycles. The lowest BCUT2D eigenvalue weighted by Crippen LogP contribution is -2.27. The van der Waals surface area contributed by atoms with Crippen molar-refractivity contribution in [2.75, 3.05) is 13.2 Å². The first-order valence-corrected chi connectivity index (χ1v) is 23.1. The van der Waals surface area contributed by atoms with Gasteiger partial charge in [-0.25, -0.2) is 4.79 Å². The number of ether oxygens (including phenoxy) is 2. The number of esters is 2. The topological polar surface area (TPSA) is 72.8 Å². The molecule has 0 spiro atoms. The highest BCUT2D eigenvalue weighted by Gasteiger charge is 2.21. The van der Waals surface area contributed by atoms with Crippen LogP contribution >= 0.6 is 0 Å². The van der Waals surface area contributed by atoms with Crippen molar-refractivity contribution in [3.05, 3.63) is 0 Å². The average molecular weight is 723 g/mol. The second-order valence-electron chi connectivity index (χ2n) is 15.8. The van der Waals surface area contributed by atoms with E-state index in [4.69, 9.17) is 9.47 Å². The Morgan fingerprint density at radius 1 is 0.353 bits per heavy atom. The van der Waals surface area contributed by atoms with Crippen LogP contribution in [0.25, 0.3) is 0 Å². The molecule has 0 aliphatic rings. The number of aliphatic hydroxyl groups excluding tert-OH is 1. The van der Waals surface area contributed by atoms with Crippen molar-refractivity contribution in [3.8, 4) is 0 Å². The molecular formula is C46H90O5. The van der Waals surface area contributed by atoms with Crippen LogP contribution < -0.4 is 0 Å². The molecule has 0 aromatic heterocycles. The molecule has 1 atom stereocenters. The van der Waals surface area contributed by atoms with Gasteiger partial charge in [0.15, 0.2) is 6.10 Å². The molecule has 0 bridgehead atoms. The standard InChI is InChI=1S/C46H90O5/c1-3-5-7-9-11-13-15-17-19-21-23-25-27-29-31-33-35-37-39-41-50-45(48)43-44(47)46(49)51-42-40-38-36-34-32-30-28-26-24-22-20-18-16-14-12-10-8-6-4-2/h44,47H,3-43H2,1-2H3. The van der Waals surface area contributed by atoms with Gasteiger partial charge in [-0.1, -0.05) is 245 Å². The van der Waals surface area contributed by atoms with Crippen molar-refractivity contribution in [2.45, 2.75) is 270 Å². The lowest BCUT2D eigenvalue weighted by molar-refractivity contribution is -0.160. The normalized spacial score (nSPS) is 12.0. The van der Waals surface area contributed by atoms with Crippen LogP contribution in [0, 0.1) is 0 Å². The highest BCUT2D eigenvalue weighted by atomic mass is 16.6. The minimum absolute atomic E-state index is 0.309. The number of aliphatic hydroxyl groups is 1. The largest absolute Gasteiger partial charge is 0.466 e. The van der Waals surface area contributed by atoms with Gasteiger partial charge < -0.3 is 14.6 Å². The van der Waals surface area contributed by atoms with Crippen LogP contribution in [0.3, 0.4) is 0 Å². The molecule has 0 fully saturated rings. The van der Waals surface area contributed by atoms with E-state index in [9.17, 15) is 14.7 Å². The lowest BCUT2D eigenvalue weighted by atomic mass is 10.0. The maximum Gasteiger partial charge on any atom is 0.335 e. The molecule has 0 saturated heterocycles. The molecule has 0 amide bonds. The monoisotopic (exact) mass is 723 g/mol. The van der Waals surface area contributed by atoms with Gasteiger partial charge in [0.05, 0.1) is 19.6 Å². The smallest absolute Gasteiger partial charge is 0.335 e. The predicted octanol–water partition coefficient (Wildman–Crippen LogP) is 14.7. The van der Waals surface area contributed by atoms with Gasteiger partial charge in [0.25, 0.3) is 0 Å². The maximum absolute atomic E-state index is 12.0. The fraction of sp³-hybridized carbons (Fsp3) is 0.957. The van der Waals surface area contributed by atoms with E-state index in [1.807, 2.05) is 0 Å². The van der Waals surface area contributed by atoms with Crippen LogP contribution in [-0.4, -0.2) is 36.4 Å². The molecule has 304 valence electrons. The second kappa shape index (κ2) is 43.3. The van der Waals surface area contributed by atoms with Gasteiger partial charge in [0.2, 0.25) is 0 Å². The van der Waals surface area contributed by atoms with Crippen LogP contribution in [0.2, 0.25) is 0 Å². The third-order valence-corrected chi connectivity index (χ3v) is 10.6. The van der Waals surface area contributed by atoms with E-state index < -0.39 is 18.0 Å². The van der Waals surface area contributed by atoms with E-state index in [1.54, 1.807) is 0 Å². The summed E-state index contributed by atoms with van der Waals surface area (Å²) in [6, 6.07) is 0. The molecule has 5 nitrogen and oxygen atoms in total. The van der Waals surface area contributed by atoms with E-state index in [0.717, 1.165) is 32.1 Å². The first-order chi connectivity index (χ1) is 25.1. The molecule has 1 N–H and O–H groups in total. The Morgan fingerprint density at radius 2 is 0.569 bits per heavy atom. The third kappa shape index (κ3) is 41.5. The summed E-state index contributed by atoms with van der Waals surface area (Å²) >= 11 is 0. The van der Waals surface area contributed by atoms with Crippen LogP contribution in [0.1, 0.15) is 264 Å². The van der Waals surface area contributed by atoms with Gasteiger partial charge in [0.1, 0.15) is 0 Å². The SMILES string of the molecule is CCCCCCCCCCCCCCCCCCCCCOC(=O)CC(O)C(=O)OCCCCCCCCCCCCCCCCCCCCC.